The molecular formula is C29H33BrClN3O5S. The zero-order valence-electron chi connectivity index (χ0n) is 22.8. The smallest absolute Gasteiger partial charge is 0.264 e. The van der Waals surface area contributed by atoms with Gasteiger partial charge in [0, 0.05) is 22.1 Å². The van der Waals surface area contributed by atoms with Gasteiger partial charge in [0.25, 0.3) is 10.0 Å². The Hall–Kier alpha value is -3.08. The van der Waals surface area contributed by atoms with Crippen molar-refractivity contribution in [2.75, 3.05) is 17.5 Å². The van der Waals surface area contributed by atoms with Crippen molar-refractivity contribution in [3.05, 3.63) is 87.9 Å². The number of anilines is 1. The highest BCUT2D eigenvalue weighted by Crippen LogP contribution is 2.27. The first-order valence-electron chi connectivity index (χ1n) is 12.8. The highest BCUT2D eigenvalue weighted by molar-refractivity contribution is 9.10. The van der Waals surface area contributed by atoms with Crippen LogP contribution in [-0.4, -0.2) is 50.4 Å². The first-order valence-corrected chi connectivity index (χ1v) is 15.4. The lowest BCUT2D eigenvalue weighted by Crippen LogP contribution is -2.52. The molecule has 0 bridgehead atoms. The topological polar surface area (TPSA) is 96.0 Å². The van der Waals surface area contributed by atoms with E-state index in [0.717, 1.165) is 9.87 Å². The van der Waals surface area contributed by atoms with Crippen molar-refractivity contribution >= 4 is 55.1 Å². The van der Waals surface area contributed by atoms with Gasteiger partial charge >= 0.3 is 0 Å². The quantitative estimate of drug-likeness (QED) is 0.274. The van der Waals surface area contributed by atoms with Crippen molar-refractivity contribution in [2.45, 2.75) is 51.2 Å². The highest BCUT2D eigenvalue weighted by Gasteiger charge is 2.32. The number of nitrogens with one attached hydrogen (secondary N) is 1. The lowest BCUT2D eigenvalue weighted by molar-refractivity contribution is -0.139. The molecule has 2 amide bonds. The van der Waals surface area contributed by atoms with E-state index in [1.54, 1.807) is 67.6 Å². The largest absolute Gasteiger partial charge is 0.494 e. The molecule has 3 aromatic rings. The first kappa shape index (κ1) is 31.4. The zero-order valence-corrected chi connectivity index (χ0v) is 26.0. The summed E-state index contributed by atoms with van der Waals surface area (Å²) < 4.78 is 35.0. The Kier molecular flexibility index (Phi) is 11.0. The van der Waals surface area contributed by atoms with Crippen molar-refractivity contribution in [3.8, 4) is 5.75 Å². The van der Waals surface area contributed by atoms with E-state index in [1.165, 1.54) is 17.0 Å². The molecule has 0 saturated heterocycles. The van der Waals surface area contributed by atoms with E-state index >= 15 is 0 Å². The van der Waals surface area contributed by atoms with Crippen molar-refractivity contribution in [1.82, 2.24) is 10.2 Å². The molecule has 0 aliphatic rings. The Morgan fingerprint density at radius 3 is 2.10 bits per heavy atom. The number of ether oxygens (including phenoxy) is 1. The van der Waals surface area contributed by atoms with E-state index in [1.807, 2.05) is 20.8 Å². The average molecular weight is 651 g/mol. The van der Waals surface area contributed by atoms with Gasteiger partial charge in [0.2, 0.25) is 11.8 Å². The normalized spacial score (nSPS) is 12.1. The molecule has 0 radical (unpaired) electrons. The molecule has 0 spiro atoms. The van der Waals surface area contributed by atoms with Crippen molar-refractivity contribution in [2.24, 2.45) is 0 Å². The average Bonchev–Trinajstić information content (AvgIpc) is 2.91. The third-order valence-corrected chi connectivity index (χ3v) is 8.55. The van der Waals surface area contributed by atoms with E-state index in [-0.39, 0.29) is 29.1 Å². The minimum absolute atomic E-state index is 0.0206. The molecule has 214 valence electrons. The molecular weight excluding hydrogens is 618 g/mol. The SMILES string of the molecule is CCOc1ccc(N(CC(=O)N(Cc2ccc(Cl)cc2)[C@H](C)C(=O)NC(C)C)S(=O)(=O)c2ccc(Br)cc2)cc1. The summed E-state index contributed by atoms with van der Waals surface area (Å²) in [6.07, 6.45) is 0. The van der Waals surface area contributed by atoms with Crippen LogP contribution in [0.1, 0.15) is 33.3 Å². The maximum Gasteiger partial charge on any atom is 0.264 e. The van der Waals surface area contributed by atoms with E-state index in [0.29, 0.717) is 21.9 Å². The van der Waals surface area contributed by atoms with Gasteiger partial charge in [-0.2, -0.15) is 0 Å². The molecule has 0 heterocycles. The molecule has 0 aromatic heterocycles. The Morgan fingerprint density at radius 1 is 0.950 bits per heavy atom. The van der Waals surface area contributed by atoms with Crippen LogP contribution in [0.4, 0.5) is 5.69 Å². The maximum absolute atomic E-state index is 13.9. The second kappa shape index (κ2) is 14.0. The predicted octanol–water partition coefficient (Wildman–Crippen LogP) is 5.64. The van der Waals surface area contributed by atoms with Crippen LogP contribution in [0.3, 0.4) is 0 Å². The van der Waals surface area contributed by atoms with E-state index in [4.69, 9.17) is 16.3 Å². The fourth-order valence-electron chi connectivity index (χ4n) is 3.91. The number of rotatable bonds is 12. The second-order valence-corrected chi connectivity index (χ2v) is 12.6. The van der Waals surface area contributed by atoms with Crippen LogP contribution in [0.2, 0.25) is 5.02 Å². The Bertz CT molecular complexity index is 1400. The van der Waals surface area contributed by atoms with Gasteiger partial charge < -0.3 is 15.0 Å². The van der Waals surface area contributed by atoms with Crippen LogP contribution in [0.5, 0.6) is 5.75 Å². The van der Waals surface area contributed by atoms with Crippen LogP contribution < -0.4 is 14.4 Å². The number of halogens is 2. The lowest BCUT2D eigenvalue weighted by Gasteiger charge is -2.32. The molecule has 3 aromatic carbocycles. The van der Waals surface area contributed by atoms with E-state index < -0.39 is 28.5 Å². The molecule has 40 heavy (non-hydrogen) atoms. The van der Waals surface area contributed by atoms with Crippen LogP contribution in [-0.2, 0) is 26.2 Å². The summed E-state index contributed by atoms with van der Waals surface area (Å²) in [5, 5.41) is 3.37. The van der Waals surface area contributed by atoms with Crippen molar-refractivity contribution in [3.63, 3.8) is 0 Å². The van der Waals surface area contributed by atoms with Gasteiger partial charge in [0.05, 0.1) is 17.2 Å². The monoisotopic (exact) mass is 649 g/mol. The van der Waals surface area contributed by atoms with Crippen molar-refractivity contribution < 1.29 is 22.7 Å². The summed E-state index contributed by atoms with van der Waals surface area (Å²) in [7, 11) is -4.16. The van der Waals surface area contributed by atoms with Gasteiger partial charge in [0.1, 0.15) is 18.3 Å². The first-order chi connectivity index (χ1) is 18.9. The molecule has 1 N–H and O–H groups in total. The summed E-state index contributed by atoms with van der Waals surface area (Å²) in [5.41, 5.74) is 1.02. The molecule has 3 rings (SSSR count). The summed E-state index contributed by atoms with van der Waals surface area (Å²) in [6, 6.07) is 18.6. The zero-order chi connectivity index (χ0) is 29.4. The van der Waals surface area contributed by atoms with Crippen LogP contribution in [0, 0.1) is 0 Å². The van der Waals surface area contributed by atoms with Crippen LogP contribution in [0.25, 0.3) is 0 Å². The molecule has 0 aliphatic heterocycles. The van der Waals surface area contributed by atoms with E-state index in [9.17, 15) is 18.0 Å². The number of sulfonamides is 1. The molecule has 0 fully saturated rings. The maximum atomic E-state index is 13.9. The van der Waals surface area contributed by atoms with E-state index in [2.05, 4.69) is 21.2 Å². The standard InChI is InChI=1S/C29H33BrClN3O5S/c1-5-39-26-14-12-25(13-15-26)34(40(37,38)27-16-8-23(30)9-17-27)19-28(35)33(21(4)29(36)32-20(2)3)18-22-6-10-24(31)11-7-22/h6-17,20-21H,5,18-19H2,1-4H3,(H,32,36)/t21-/m1/s1. The fraction of sp³-hybridized carbons (Fsp3) is 0.310. The summed E-state index contributed by atoms with van der Waals surface area (Å²) >= 11 is 9.37. The molecule has 11 heteroatoms. The third kappa shape index (κ3) is 8.22. The summed E-state index contributed by atoms with van der Waals surface area (Å²) in [6.45, 7) is 7.13. The van der Waals surface area contributed by atoms with Gasteiger partial charge in [-0.05, 0) is 93.9 Å². The highest BCUT2D eigenvalue weighted by atomic mass is 79.9. The van der Waals surface area contributed by atoms with Gasteiger partial charge in [-0.1, -0.05) is 39.7 Å². The molecule has 0 saturated carbocycles. The Morgan fingerprint density at radius 2 is 1.55 bits per heavy atom. The number of carbonyl (C=O) groups is 2. The number of hydrogen-bond acceptors (Lipinski definition) is 5. The fourth-order valence-corrected chi connectivity index (χ4v) is 5.72. The molecule has 0 aliphatic carbocycles. The number of amides is 2. The molecule has 1 atom stereocenters. The van der Waals surface area contributed by atoms with Gasteiger partial charge in [-0.25, -0.2) is 8.42 Å². The Labute approximate surface area is 249 Å². The number of benzene rings is 3. The Balaban J connectivity index is 2.02. The van der Waals surface area contributed by atoms with Crippen LogP contribution in [0.15, 0.2) is 82.2 Å². The predicted molar refractivity (Wildman–Crippen MR) is 161 cm³/mol. The lowest BCUT2D eigenvalue weighted by atomic mass is 10.1. The summed E-state index contributed by atoms with van der Waals surface area (Å²) in [4.78, 5) is 28.3. The van der Waals surface area contributed by atoms with Gasteiger partial charge in [0.15, 0.2) is 0 Å². The number of nitrogens with zero attached hydrogens (tertiary/aromatic N) is 2. The summed E-state index contributed by atoms with van der Waals surface area (Å²) in [5.74, 6) is -0.321. The minimum Gasteiger partial charge on any atom is -0.494 e. The number of hydrogen-bond donors (Lipinski definition) is 1. The van der Waals surface area contributed by atoms with Gasteiger partial charge in [-0.15, -0.1) is 0 Å². The number of carbonyl (C=O) groups excluding carboxylic acids is 2. The third-order valence-electron chi connectivity index (χ3n) is 5.98. The molecule has 8 nitrogen and oxygen atoms in total. The van der Waals surface area contributed by atoms with Crippen LogP contribution >= 0.6 is 27.5 Å². The second-order valence-electron chi connectivity index (χ2n) is 9.38. The van der Waals surface area contributed by atoms with Gasteiger partial charge in [-0.3, -0.25) is 13.9 Å². The minimum atomic E-state index is -4.16. The van der Waals surface area contributed by atoms with Crippen molar-refractivity contribution in [1.29, 1.82) is 0 Å². The molecule has 0 unspecified atom stereocenters.